The smallest absolute Gasteiger partial charge is 0.223 e. The lowest BCUT2D eigenvalue weighted by Crippen LogP contribution is -2.58. The number of amides is 1. The molecule has 3 heterocycles. The monoisotopic (exact) mass is 322 g/mol. The second kappa shape index (κ2) is 6.61. The van der Waals surface area contributed by atoms with Gasteiger partial charge in [-0.3, -0.25) is 4.79 Å². The normalized spacial score (nSPS) is 27.8. The van der Waals surface area contributed by atoms with E-state index in [2.05, 4.69) is 5.16 Å². The number of aryl methyl sites for hydroxylation is 2. The molecule has 2 aliphatic rings. The maximum absolute atomic E-state index is 12.6. The van der Waals surface area contributed by atoms with Gasteiger partial charge in [-0.15, -0.1) is 0 Å². The molecule has 1 spiro atoms. The number of methoxy groups -OCH3 is 1. The Kier molecular flexibility index (Phi) is 4.73. The van der Waals surface area contributed by atoms with Crippen LogP contribution >= 0.6 is 0 Å². The van der Waals surface area contributed by atoms with E-state index in [4.69, 9.17) is 14.0 Å². The number of carbonyl (C=O) groups is 1. The average Bonchev–Trinajstić information content (AvgIpc) is 3.13. The number of likely N-dealkylation sites (tertiary alicyclic amines) is 1. The van der Waals surface area contributed by atoms with Crippen molar-refractivity contribution in [3.63, 3.8) is 0 Å². The van der Waals surface area contributed by atoms with Crippen molar-refractivity contribution in [2.75, 3.05) is 26.8 Å². The molecule has 1 aromatic rings. The van der Waals surface area contributed by atoms with Crippen molar-refractivity contribution >= 4 is 5.91 Å². The number of nitrogens with zero attached hydrogens (tertiary/aromatic N) is 2. The van der Waals surface area contributed by atoms with Gasteiger partial charge in [0.1, 0.15) is 11.4 Å². The fraction of sp³-hybridized carbons (Fsp3) is 0.765. The Morgan fingerprint density at radius 3 is 2.91 bits per heavy atom. The van der Waals surface area contributed by atoms with Gasteiger partial charge in [-0.1, -0.05) is 5.16 Å². The van der Waals surface area contributed by atoms with Gasteiger partial charge in [0.2, 0.25) is 5.91 Å². The summed E-state index contributed by atoms with van der Waals surface area (Å²) in [5, 5.41) is 3.95. The van der Waals surface area contributed by atoms with E-state index >= 15 is 0 Å². The van der Waals surface area contributed by atoms with Gasteiger partial charge in [0, 0.05) is 32.2 Å². The van der Waals surface area contributed by atoms with Crippen LogP contribution in [0.4, 0.5) is 0 Å². The lowest BCUT2D eigenvalue weighted by Gasteiger charge is -2.44. The predicted octanol–water partition coefficient (Wildman–Crippen LogP) is 2.02. The van der Waals surface area contributed by atoms with Crippen LogP contribution in [0, 0.1) is 13.8 Å². The quantitative estimate of drug-likeness (QED) is 0.848. The fourth-order valence-electron chi connectivity index (χ4n) is 3.93. The first-order valence-electron chi connectivity index (χ1n) is 8.42. The summed E-state index contributed by atoms with van der Waals surface area (Å²) in [5.41, 5.74) is 1.63. The van der Waals surface area contributed by atoms with Crippen molar-refractivity contribution < 1.29 is 18.8 Å². The third-order valence-electron chi connectivity index (χ3n) is 5.25. The first kappa shape index (κ1) is 16.5. The highest BCUT2D eigenvalue weighted by atomic mass is 16.6. The molecule has 0 N–H and O–H groups in total. The van der Waals surface area contributed by atoms with Crippen molar-refractivity contribution in [2.24, 2.45) is 0 Å². The van der Waals surface area contributed by atoms with E-state index < -0.39 is 0 Å². The summed E-state index contributed by atoms with van der Waals surface area (Å²) in [6.45, 7) is 5.96. The van der Waals surface area contributed by atoms with E-state index in [1.54, 1.807) is 7.11 Å². The van der Waals surface area contributed by atoms with Crippen LogP contribution < -0.4 is 0 Å². The molecule has 3 rings (SSSR count). The average molecular weight is 322 g/mol. The molecule has 0 aromatic carbocycles. The lowest BCUT2D eigenvalue weighted by molar-refractivity contribution is -0.160. The summed E-state index contributed by atoms with van der Waals surface area (Å²) >= 11 is 0. The molecule has 0 radical (unpaired) electrons. The fourth-order valence-corrected chi connectivity index (χ4v) is 3.93. The molecule has 0 unspecified atom stereocenters. The Bertz CT molecular complexity index is 543. The molecular weight excluding hydrogens is 296 g/mol. The predicted molar refractivity (Wildman–Crippen MR) is 84.2 cm³/mol. The van der Waals surface area contributed by atoms with Crippen LogP contribution in [0.2, 0.25) is 0 Å². The van der Waals surface area contributed by atoms with Crippen LogP contribution in [-0.4, -0.2) is 54.5 Å². The van der Waals surface area contributed by atoms with Gasteiger partial charge < -0.3 is 18.9 Å². The summed E-state index contributed by atoms with van der Waals surface area (Å²) < 4.78 is 16.8. The van der Waals surface area contributed by atoms with E-state index in [9.17, 15) is 4.79 Å². The topological polar surface area (TPSA) is 64.8 Å². The number of carbonyl (C=O) groups excluding carboxylic acids is 1. The molecule has 0 saturated carbocycles. The van der Waals surface area contributed by atoms with E-state index in [0.717, 1.165) is 49.4 Å². The van der Waals surface area contributed by atoms with Crippen LogP contribution in [-0.2, 0) is 20.7 Å². The highest BCUT2D eigenvalue weighted by Crippen LogP contribution is 2.36. The van der Waals surface area contributed by atoms with Gasteiger partial charge in [-0.2, -0.15) is 0 Å². The standard InChI is InChI=1S/C17H26N2O4/c1-12-14(13(2)23-18-12)5-6-16(20)19-9-7-15(21-3)17(11-19)8-4-10-22-17/h15H,4-11H2,1-3H3/t15-,17-/m0/s1. The third kappa shape index (κ3) is 3.15. The molecule has 0 aliphatic carbocycles. The summed E-state index contributed by atoms with van der Waals surface area (Å²) in [7, 11) is 1.74. The van der Waals surface area contributed by atoms with E-state index in [-0.39, 0.29) is 17.6 Å². The van der Waals surface area contributed by atoms with Crippen molar-refractivity contribution in [3.05, 3.63) is 17.0 Å². The third-order valence-corrected chi connectivity index (χ3v) is 5.25. The molecule has 1 amide bonds. The zero-order valence-electron chi connectivity index (χ0n) is 14.3. The van der Waals surface area contributed by atoms with Crippen molar-refractivity contribution in [1.82, 2.24) is 10.1 Å². The second-order valence-electron chi connectivity index (χ2n) is 6.65. The van der Waals surface area contributed by atoms with Crippen molar-refractivity contribution in [1.29, 1.82) is 0 Å². The van der Waals surface area contributed by atoms with Crippen LogP contribution in [0.5, 0.6) is 0 Å². The molecular formula is C17H26N2O4. The SMILES string of the molecule is CO[C@H]1CCN(C(=O)CCc2c(C)noc2C)C[C@@]12CCCO2. The molecule has 2 atom stereocenters. The number of rotatable bonds is 4. The van der Waals surface area contributed by atoms with Crippen LogP contribution in [0.3, 0.4) is 0 Å². The molecule has 2 saturated heterocycles. The van der Waals surface area contributed by atoms with Gasteiger partial charge in [-0.05, 0) is 39.5 Å². The Labute approximate surface area is 137 Å². The Balaban J connectivity index is 1.62. The molecule has 2 fully saturated rings. The molecule has 128 valence electrons. The minimum absolute atomic E-state index is 0.0941. The molecule has 2 aliphatic heterocycles. The molecule has 6 heteroatoms. The van der Waals surface area contributed by atoms with Gasteiger partial charge in [-0.25, -0.2) is 0 Å². The number of aromatic nitrogens is 1. The first-order chi connectivity index (χ1) is 11.1. The van der Waals surface area contributed by atoms with Gasteiger partial charge in [0.25, 0.3) is 0 Å². The summed E-state index contributed by atoms with van der Waals surface area (Å²) in [6, 6.07) is 0. The van der Waals surface area contributed by atoms with E-state index in [1.807, 2.05) is 18.7 Å². The van der Waals surface area contributed by atoms with Gasteiger partial charge >= 0.3 is 0 Å². The van der Waals surface area contributed by atoms with Crippen molar-refractivity contribution in [3.8, 4) is 0 Å². The number of piperidine rings is 1. The highest BCUT2D eigenvalue weighted by Gasteiger charge is 2.48. The summed E-state index contributed by atoms with van der Waals surface area (Å²) in [6.07, 6.45) is 4.11. The minimum Gasteiger partial charge on any atom is -0.378 e. The molecule has 0 bridgehead atoms. The van der Waals surface area contributed by atoms with Crippen LogP contribution in [0.1, 0.15) is 42.7 Å². The lowest BCUT2D eigenvalue weighted by atomic mass is 9.86. The maximum Gasteiger partial charge on any atom is 0.223 e. The Morgan fingerprint density at radius 2 is 2.30 bits per heavy atom. The first-order valence-corrected chi connectivity index (χ1v) is 8.42. The highest BCUT2D eigenvalue weighted by molar-refractivity contribution is 5.76. The second-order valence-corrected chi connectivity index (χ2v) is 6.65. The molecule has 1 aromatic heterocycles. The zero-order valence-corrected chi connectivity index (χ0v) is 14.3. The Hall–Kier alpha value is -1.40. The van der Waals surface area contributed by atoms with Gasteiger partial charge in [0.05, 0.1) is 18.3 Å². The van der Waals surface area contributed by atoms with Crippen LogP contribution in [0.15, 0.2) is 4.52 Å². The molecule has 6 nitrogen and oxygen atoms in total. The van der Waals surface area contributed by atoms with Crippen LogP contribution in [0.25, 0.3) is 0 Å². The summed E-state index contributed by atoms with van der Waals surface area (Å²) in [4.78, 5) is 14.6. The maximum atomic E-state index is 12.6. The van der Waals surface area contributed by atoms with Gasteiger partial charge in [0.15, 0.2) is 0 Å². The van der Waals surface area contributed by atoms with E-state index in [0.29, 0.717) is 19.4 Å². The number of ether oxygens (including phenoxy) is 2. The summed E-state index contributed by atoms with van der Waals surface area (Å²) in [5.74, 6) is 0.985. The minimum atomic E-state index is -0.300. The zero-order chi connectivity index (χ0) is 16.4. The Morgan fingerprint density at radius 1 is 1.48 bits per heavy atom. The van der Waals surface area contributed by atoms with E-state index in [1.165, 1.54) is 0 Å². The number of hydrogen-bond acceptors (Lipinski definition) is 5. The van der Waals surface area contributed by atoms with Crippen molar-refractivity contribution in [2.45, 2.75) is 57.7 Å². The molecule has 23 heavy (non-hydrogen) atoms. The number of hydrogen-bond donors (Lipinski definition) is 0. The largest absolute Gasteiger partial charge is 0.378 e.